The van der Waals surface area contributed by atoms with Crippen LogP contribution in [0.3, 0.4) is 0 Å². The van der Waals surface area contributed by atoms with Crippen LogP contribution in [-0.2, 0) is 4.74 Å². The van der Waals surface area contributed by atoms with Crippen LogP contribution in [0.4, 0.5) is 8.78 Å². The maximum atomic E-state index is 13.6. The highest BCUT2D eigenvalue weighted by atomic mass is 19.3. The Kier molecular flexibility index (Phi) is 1.78. The van der Waals surface area contributed by atoms with E-state index in [1.807, 2.05) is 6.92 Å². The molecule has 3 atom stereocenters. The summed E-state index contributed by atoms with van der Waals surface area (Å²) in [5.74, 6) is -2.67. The number of nitrogens with zero attached hydrogens (tertiary/aromatic N) is 1. The third-order valence-corrected chi connectivity index (χ3v) is 3.32. The Morgan fingerprint density at radius 3 is 2.64 bits per heavy atom. The van der Waals surface area contributed by atoms with Gasteiger partial charge in [-0.1, -0.05) is 6.92 Å². The van der Waals surface area contributed by atoms with E-state index in [0.717, 1.165) is 6.42 Å². The van der Waals surface area contributed by atoms with Crippen molar-refractivity contribution in [2.45, 2.75) is 31.7 Å². The largest absolute Gasteiger partial charge is 0.459 e. The van der Waals surface area contributed by atoms with Crippen molar-refractivity contribution < 1.29 is 13.5 Å². The van der Waals surface area contributed by atoms with Gasteiger partial charge in [0.05, 0.1) is 0 Å². The van der Waals surface area contributed by atoms with Gasteiger partial charge < -0.3 is 10.5 Å². The molecule has 2 N–H and O–H groups in total. The van der Waals surface area contributed by atoms with Crippen molar-refractivity contribution in [1.29, 1.82) is 0 Å². The van der Waals surface area contributed by atoms with Crippen LogP contribution >= 0.6 is 0 Å². The first-order valence-corrected chi connectivity index (χ1v) is 4.73. The van der Waals surface area contributed by atoms with E-state index in [9.17, 15) is 8.78 Å². The van der Waals surface area contributed by atoms with Crippen LogP contribution in [0.2, 0.25) is 0 Å². The van der Waals surface area contributed by atoms with Gasteiger partial charge in [0.1, 0.15) is 5.54 Å². The van der Waals surface area contributed by atoms with Crippen LogP contribution in [0.25, 0.3) is 0 Å². The van der Waals surface area contributed by atoms with Gasteiger partial charge in [-0.2, -0.15) is 0 Å². The predicted octanol–water partition coefficient (Wildman–Crippen LogP) is 1.38. The van der Waals surface area contributed by atoms with Gasteiger partial charge in [0.15, 0.2) is 6.61 Å². The molecule has 0 unspecified atom stereocenters. The molecule has 14 heavy (non-hydrogen) atoms. The van der Waals surface area contributed by atoms with Crippen molar-refractivity contribution >= 4 is 6.02 Å². The second kappa shape index (κ2) is 2.58. The quantitative estimate of drug-likeness (QED) is 0.701. The number of aliphatic imine (C=N–C) groups is 1. The van der Waals surface area contributed by atoms with Gasteiger partial charge in [-0.05, 0) is 25.2 Å². The molecule has 1 aliphatic carbocycles. The first-order valence-electron chi connectivity index (χ1n) is 4.73. The van der Waals surface area contributed by atoms with E-state index in [-0.39, 0.29) is 11.9 Å². The normalized spacial score (nSPS) is 45.3. The Hall–Kier alpha value is -0.870. The van der Waals surface area contributed by atoms with Gasteiger partial charge in [-0.15, -0.1) is 0 Å². The molecular formula is C9H14F2N2O. The predicted molar refractivity (Wildman–Crippen MR) is 48.2 cm³/mol. The van der Waals surface area contributed by atoms with Crippen molar-refractivity contribution in [2.24, 2.45) is 22.6 Å². The van der Waals surface area contributed by atoms with Gasteiger partial charge >= 0.3 is 5.92 Å². The number of nitrogens with two attached hydrogens (primary N) is 1. The van der Waals surface area contributed by atoms with Crippen LogP contribution in [0.5, 0.6) is 0 Å². The first-order chi connectivity index (χ1) is 6.37. The van der Waals surface area contributed by atoms with Gasteiger partial charge in [0.2, 0.25) is 0 Å². The van der Waals surface area contributed by atoms with E-state index < -0.39 is 18.1 Å². The maximum absolute atomic E-state index is 13.6. The maximum Gasteiger partial charge on any atom is 0.306 e. The summed E-state index contributed by atoms with van der Waals surface area (Å²) < 4.78 is 31.8. The number of rotatable bonds is 1. The van der Waals surface area contributed by atoms with E-state index in [1.165, 1.54) is 6.92 Å². The van der Waals surface area contributed by atoms with E-state index >= 15 is 0 Å². The molecule has 0 amide bonds. The lowest BCUT2D eigenvalue weighted by molar-refractivity contribution is -0.121. The lowest BCUT2D eigenvalue weighted by Gasteiger charge is -2.37. The number of hydrogen-bond donors (Lipinski definition) is 1. The number of halogens is 2. The molecule has 0 aromatic heterocycles. The summed E-state index contributed by atoms with van der Waals surface area (Å²) in [6, 6.07) is -0.113. The number of hydrogen-bond acceptors (Lipinski definition) is 3. The first kappa shape index (κ1) is 9.68. The topological polar surface area (TPSA) is 47.6 Å². The fourth-order valence-corrected chi connectivity index (χ4v) is 2.11. The third-order valence-electron chi connectivity index (χ3n) is 3.32. The van der Waals surface area contributed by atoms with Crippen LogP contribution in [0.1, 0.15) is 20.3 Å². The molecule has 0 saturated heterocycles. The summed E-state index contributed by atoms with van der Waals surface area (Å²) in [6.45, 7) is 2.77. The summed E-state index contributed by atoms with van der Waals surface area (Å²) in [4.78, 5) is 3.80. The minimum atomic E-state index is -2.91. The van der Waals surface area contributed by atoms with E-state index in [0.29, 0.717) is 5.92 Å². The molecule has 0 aromatic rings. The van der Waals surface area contributed by atoms with Gasteiger partial charge in [-0.3, -0.25) is 0 Å². The van der Waals surface area contributed by atoms with Crippen molar-refractivity contribution in [3.63, 3.8) is 0 Å². The Morgan fingerprint density at radius 2 is 2.14 bits per heavy atom. The highest BCUT2D eigenvalue weighted by Crippen LogP contribution is 2.54. The minimum absolute atomic E-state index is 0.0695. The zero-order valence-electron chi connectivity index (χ0n) is 8.26. The molecule has 1 heterocycles. The summed E-state index contributed by atoms with van der Waals surface area (Å²) >= 11 is 0. The standard InChI is InChI=1S/C9H14F2N2O/c1-5-3-6(5)8(2)9(10,11)4-14-7(12)13-8/h5-6H,3-4H2,1-2H3,(H2,12,13)/t5-,6-,8+/m0/s1. The van der Waals surface area contributed by atoms with E-state index in [4.69, 9.17) is 5.73 Å². The Labute approximate surface area is 81.3 Å². The molecule has 0 bridgehead atoms. The van der Waals surface area contributed by atoms with Crippen molar-refractivity contribution in [1.82, 2.24) is 0 Å². The molecule has 5 heteroatoms. The summed E-state index contributed by atoms with van der Waals surface area (Å²) in [5, 5.41) is 0. The van der Waals surface area contributed by atoms with Crippen LogP contribution in [0, 0.1) is 11.8 Å². The van der Waals surface area contributed by atoms with E-state index in [1.54, 1.807) is 0 Å². The molecule has 0 aromatic carbocycles. The smallest absolute Gasteiger partial charge is 0.306 e. The Morgan fingerprint density at radius 1 is 1.57 bits per heavy atom. The Balaban J connectivity index is 2.33. The Bertz CT molecular complexity index is 293. The molecule has 1 aliphatic heterocycles. The number of alkyl halides is 2. The lowest BCUT2D eigenvalue weighted by atomic mass is 9.87. The molecule has 0 radical (unpaired) electrons. The highest BCUT2D eigenvalue weighted by Gasteiger charge is 2.63. The van der Waals surface area contributed by atoms with Crippen LogP contribution in [0.15, 0.2) is 4.99 Å². The average Bonchev–Trinajstić information content (AvgIpc) is 2.77. The lowest BCUT2D eigenvalue weighted by Crippen LogP contribution is -2.54. The molecule has 1 fully saturated rings. The number of ether oxygens (including phenoxy) is 1. The highest BCUT2D eigenvalue weighted by molar-refractivity contribution is 5.73. The zero-order chi connectivity index (χ0) is 10.6. The second-order valence-corrected chi connectivity index (χ2v) is 4.41. The van der Waals surface area contributed by atoms with Crippen LogP contribution < -0.4 is 5.73 Å². The van der Waals surface area contributed by atoms with Crippen LogP contribution in [-0.4, -0.2) is 24.1 Å². The van der Waals surface area contributed by atoms with E-state index in [2.05, 4.69) is 9.73 Å². The van der Waals surface area contributed by atoms with Crippen molar-refractivity contribution in [3.05, 3.63) is 0 Å². The minimum Gasteiger partial charge on any atom is -0.459 e. The molecule has 2 rings (SSSR count). The monoisotopic (exact) mass is 204 g/mol. The van der Waals surface area contributed by atoms with Crippen molar-refractivity contribution in [3.8, 4) is 0 Å². The third kappa shape index (κ3) is 1.18. The summed E-state index contributed by atoms with van der Waals surface area (Å²) in [5.41, 5.74) is 3.97. The number of amidine groups is 1. The fourth-order valence-electron chi connectivity index (χ4n) is 2.11. The summed E-state index contributed by atoms with van der Waals surface area (Å²) in [6.07, 6.45) is 0.795. The van der Waals surface area contributed by atoms with Gasteiger partial charge in [-0.25, -0.2) is 13.8 Å². The summed E-state index contributed by atoms with van der Waals surface area (Å²) in [7, 11) is 0. The average molecular weight is 204 g/mol. The molecule has 80 valence electrons. The molecule has 3 nitrogen and oxygen atoms in total. The van der Waals surface area contributed by atoms with Gasteiger partial charge in [0, 0.05) is 0 Å². The fraction of sp³-hybridized carbons (Fsp3) is 0.889. The molecule has 2 aliphatic rings. The van der Waals surface area contributed by atoms with Crippen molar-refractivity contribution in [2.75, 3.05) is 6.61 Å². The van der Waals surface area contributed by atoms with Gasteiger partial charge in [0.25, 0.3) is 6.02 Å². The molecule has 1 saturated carbocycles. The SMILES string of the molecule is C[C@H]1C[C@@H]1[C@@]1(C)N=C(N)OCC1(F)F. The molecule has 0 spiro atoms. The second-order valence-electron chi connectivity index (χ2n) is 4.41. The zero-order valence-corrected chi connectivity index (χ0v) is 8.26. The molecular weight excluding hydrogens is 190 g/mol.